The molecule has 0 saturated carbocycles. The van der Waals surface area contributed by atoms with Gasteiger partial charge in [-0.2, -0.15) is 0 Å². The molecule has 0 saturated heterocycles. The first-order valence-corrected chi connectivity index (χ1v) is 6.02. The first-order valence-electron chi connectivity index (χ1n) is 6.02. The molecule has 0 aromatic rings. The van der Waals surface area contributed by atoms with Crippen LogP contribution in [-0.4, -0.2) is 37.4 Å². The molecule has 4 heteroatoms. The van der Waals surface area contributed by atoms with Gasteiger partial charge in [0.05, 0.1) is 13.2 Å². The number of nitrogens with one attached hydrogen (secondary N) is 1. The molecule has 0 aliphatic rings. The van der Waals surface area contributed by atoms with E-state index in [0.717, 1.165) is 6.42 Å². The van der Waals surface area contributed by atoms with Gasteiger partial charge in [-0.15, -0.1) is 0 Å². The third-order valence-corrected chi connectivity index (χ3v) is 2.50. The number of carbonyl (C=O) groups excluding carboxylic acids is 1. The van der Waals surface area contributed by atoms with Gasteiger partial charge in [0.15, 0.2) is 0 Å². The molecule has 2 atom stereocenters. The molecule has 4 nitrogen and oxygen atoms in total. The smallest absolute Gasteiger partial charge is 0.328 e. The fraction of sp³-hybridized carbons (Fsp3) is 0.917. The second-order valence-electron chi connectivity index (χ2n) is 4.14. The van der Waals surface area contributed by atoms with E-state index in [1.54, 1.807) is 0 Å². The van der Waals surface area contributed by atoms with Gasteiger partial charge in [0.1, 0.15) is 5.54 Å². The van der Waals surface area contributed by atoms with Crippen LogP contribution in [0.5, 0.6) is 0 Å². The molecule has 0 radical (unpaired) electrons. The minimum Gasteiger partial charge on any atom is -0.465 e. The lowest BCUT2D eigenvalue weighted by Gasteiger charge is -2.31. The van der Waals surface area contributed by atoms with Crippen LogP contribution in [0, 0.1) is 0 Å². The lowest BCUT2D eigenvalue weighted by molar-refractivity contribution is -0.153. The first kappa shape index (κ1) is 15.4. The number of ether oxygens (including phenoxy) is 2. The van der Waals surface area contributed by atoms with Crippen molar-refractivity contribution >= 4 is 5.97 Å². The minimum absolute atomic E-state index is 0.247. The standard InChI is InChI=1S/C12H25NO3/c1-6-10(4)13-12(5,9-15-7-2)11(14)16-8-3/h10,13H,6-9H2,1-5H3. The van der Waals surface area contributed by atoms with Crippen LogP contribution in [0.25, 0.3) is 0 Å². The van der Waals surface area contributed by atoms with Crippen molar-refractivity contribution in [3.05, 3.63) is 0 Å². The van der Waals surface area contributed by atoms with Crippen LogP contribution in [0.1, 0.15) is 41.0 Å². The Labute approximate surface area is 98.7 Å². The highest BCUT2D eigenvalue weighted by atomic mass is 16.5. The van der Waals surface area contributed by atoms with E-state index >= 15 is 0 Å². The minimum atomic E-state index is -0.749. The third-order valence-electron chi connectivity index (χ3n) is 2.50. The summed E-state index contributed by atoms with van der Waals surface area (Å²) in [4.78, 5) is 11.9. The van der Waals surface area contributed by atoms with Gasteiger partial charge < -0.3 is 9.47 Å². The van der Waals surface area contributed by atoms with Crippen LogP contribution in [0.4, 0.5) is 0 Å². The normalized spacial score (nSPS) is 16.6. The Hall–Kier alpha value is -0.610. The van der Waals surface area contributed by atoms with E-state index in [1.807, 2.05) is 27.7 Å². The van der Waals surface area contributed by atoms with Crippen molar-refractivity contribution in [2.75, 3.05) is 19.8 Å². The topological polar surface area (TPSA) is 47.6 Å². The maximum Gasteiger partial charge on any atom is 0.328 e. The summed E-state index contributed by atoms with van der Waals surface area (Å²) in [5.41, 5.74) is -0.749. The highest BCUT2D eigenvalue weighted by Gasteiger charge is 2.35. The highest BCUT2D eigenvalue weighted by molar-refractivity contribution is 5.80. The molecule has 0 aliphatic carbocycles. The monoisotopic (exact) mass is 231 g/mol. The Morgan fingerprint density at radius 1 is 1.31 bits per heavy atom. The summed E-state index contributed by atoms with van der Waals surface area (Å²) in [6.07, 6.45) is 0.959. The summed E-state index contributed by atoms with van der Waals surface area (Å²) in [6.45, 7) is 11.0. The number of carbonyl (C=O) groups is 1. The second-order valence-corrected chi connectivity index (χ2v) is 4.14. The molecule has 2 unspecified atom stereocenters. The predicted octanol–water partition coefficient (Wildman–Crippen LogP) is 1.73. The largest absolute Gasteiger partial charge is 0.465 e. The van der Waals surface area contributed by atoms with Crippen LogP contribution in [0.2, 0.25) is 0 Å². The quantitative estimate of drug-likeness (QED) is 0.646. The zero-order valence-electron chi connectivity index (χ0n) is 11.1. The van der Waals surface area contributed by atoms with Gasteiger partial charge in [0, 0.05) is 12.6 Å². The van der Waals surface area contributed by atoms with Crippen molar-refractivity contribution in [3.8, 4) is 0 Å². The van der Waals surface area contributed by atoms with Gasteiger partial charge in [0.25, 0.3) is 0 Å². The molecule has 0 rings (SSSR count). The Kier molecular flexibility index (Phi) is 7.34. The fourth-order valence-electron chi connectivity index (χ4n) is 1.40. The number of esters is 1. The Bertz CT molecular complexity index is 208. The Morgan fingerprint density at radius 3 is 2.38 bits per heavy atom. The van der Waals surface area contributed by atoms with E-state index in [4.69, 9.17) is 9.47 Å². The number of rotatable bonds is 8. The van der Waals surface area contributed by atoms with Crippen LogP contribution in [-0.2, 0) is 14.3 Å². The van der Waals surface area contributed by atoms with Gasteiger partial charge in [-0.25, -0.2) is 4.79 Å². The second kappa shape index (κ2) is 7.63. The summed E-state index contributed by atoms with van der Waals surface area (Å²) in [6, 6.07) is 0.259. The lowest BCUT2D eigenvalue weighted by Crippen LogP contribution is -2.56. The molecule has 0 amide bonds. The Morgan fingerprint density at radius 2 is 1.94 bits per heavy atom. The van der Waals surface area contributed by atoms with Gasteiger partial charge >= 0.3 is 5.97 Å². The Balaban J connectivity index is 4.52. The van der Waals surface area contributed by atoms with Crippen LogP contribution < -0.4 is 5.32 Å². The van der Waals surface area contributed by atoms with Gasteiger partial charge in [0.2, 0.25) is 0 Å². The molecule has 0 spiro atoms. The first-order chi connectivity index (χ1) is 7.50. The third kappa shape index (κ3) is 4.94. The highest BCUT2D eigenvalue weighted by Crippen LogP contribution is 2.10. The predicted molar refractivity (Wildman–Crippen MR) is 64.4 cm³/mol. The molecule has 16 heavy (non-hydrogen) atoms. The average molecular weight is 231 g/mol. The van der Waals surface area contributed by atoms with E-state index in [-0.39, 0.29) is 12.0 Å². The molecule has 0 aromatic carbocycles. The van der Waals surface area contributed by atoms with Crippen molar-refractivity contribution in [1.82, 2.24) is 5.32 Å². The zero-order valence-corrected chi connectivity index (χ0v) is 11.1. The van der Waals surface area contributed by atoms with Crippen LogP contribution in [0.15, 0.2) is 0 Å². The van der Waals surface area contributed by atoms with Crippen molar-refractivity contribution in [3.63, 3.8) is 0 Å². The van der Waals surface area contributed by atoms with Crippen LogP contribution >= 0.6 is 0 Å². The van der Waals surface area contributed by atoms with Gasteiger partial charge in [-0.1, -0.05) is 6.92 Å². The molecular formula is C12H25NO3. The molecule has 1 N–H and O–H groups in total. The van der Waals surface area contributed by atoms with E-state index in [2.05, 4.69) is 12.2 Å². The van der Waals surface area contributed by atoms with Gasteiger partial charge in [-0.05, 0) is 34.1 Å². The number of hydrogen-bond acceptors (Lipinski definition) is 4. The summed E-state index contributed by atoms with van der Waals surface area (Å²) in [7, 11) is 0. The maximum atomic E-state index is 11.9. The SMILES string of the molecule is CCOCC(C)(NC(C)CC)C(=O)OCC. The molecule has 96 valence electrons. The molecule has 0 fully saturated rings. The van der Waals surface area contributed by atoms with E-state index < -0.39 is 5.54 Å². The van der Waals surface area contributed by atoms with E-state index in [0.29, 0.717) is 19.8 Å². The summed E-state index contributed by atoms with van der Waals surface area (Å²) in [5, 5.41) is 3.26. The van der Waals surface area contributed by atoms with Crippen LogP contribution in [0.3, 0.4) is 0 Å². The molecule has 0 heterocycles. The van der Waals surface area contributed by atoms with E-state index in [9.17, 15) is 4.79 Å². The van der Waals surface area contributed by atoms with E-state index in [1.165, 1.54) is 0 Å². The molecule has 0 bridgehead atoms. The molecule has 0 aliphatic heterocycles. The van der Waals surface area contributed by atoms with Crippen molar-refractivity contribution in [2.24, 2.45) is 0 Å². The molecular weight excluding hydrogens is 206 g/mol. The van der Waals surface area contributed by atoms with Crippen molar-refractivity contribution in [1.29, 1.82) is 0 Å². The fourth-order valence-corrected chi connectivity index (χ4v) is 1.40. The average Bonchev–Trinajstić information content (AvgIpc) is 2.26. The maximum absolute atomic E-state index is 11.9. The lowest BCUT2D eigenvalue weighted by atomic mass is 10.0. The van der Waals surface area contributed by atoms with Crippen molar-refractivity contribution < 1.29 is 14.3 Å². The summed E-state index contributed by atoms with van der Waals surface area (Å²) >= 11 is 0. The van der Waals surface area contributed by atoms with Crippen molar-refractivity contribution in [2.45, 2.75) is 52.6 Å². The number of hydrogen-bond donors (Lipinski definition) is 1. The summed E-state index contributed by atoms with van der Waals surface area (Å²) < 4.78 is 10.4. The van der Waals surface area contributed by atoms with Gasteiger partial charge in [-0.3, -0.25) is 5.32 Å². The molecule has 0 aromatic heterocycles. The summed E-state index contributed by atoms with van der Waals surface area (Å²) in [5.74, 6) is -0.247. The zero-order chi connectivity index (χ0) is 12.6.